The van der Waals surface area contributed by atoms with E-state index in [9.17, 15) is 4.79 Å². The number of hydrogen-bond donors (Lipinski definition) is 4. The number of nitrogens with zero attached hydrogens (tertiary/aromatic N) is 3. The van der Waals surface area contributed by atoms with Crippen LogP contribution < -0.4 is 27.0 Å². The van der Waals surface area contributed by atoms with Gasteiger partial charge in [-0.25, -0.2) is 15.4 Å². The zero-order valence-electron chi connectivity index (χ0n) is 19.6. The van der Waals surface area contributed by atoms with Crippen molar-refractivity contribution in [2.45, 2.75) is 46.4 Å². The highest BCUT2D eigenvalue weighted by Gasteiger charge is 2.32. The smallest absolute Gasteiger partial charge is 0.273 e. The second kappa shape index (κ2) is 11.0. The summed E-state index contributed by atoms with van der Waals surface area (Å²) in [7, 11) is 2.05. The first-order chi connectivity index (χ1) is 15.7. The molecule has 4 N–H and O–H groups in total. The summed E-state index contributed by atoms with van der Waals surface area (Å²) in [6.45, 7) is 9.48. The van der Waals surface area contributed by atoms with Crippen molar-refractivity contribution in [1.82, 2.24) is 25.4 Å². The molecule has 8 heteroatoms. The highest BCUT2D eigenvalue weighted by Crippen LogP contribution is 2.24. The van der Waals surface area contributed by atoms with Gasteiger partial charge in [0.25, 0.3) is 5.56 Å². The average molecular weight is 438 g/mol. The molecule has 0 radical (unpaired) electrons. The summed E-state index contributed by atoms with van der Waals surface area (Å²) in [4.78, 5) is 17.2. The normalized spacial score (nSPS) is 22.7. The van der Waals surface area contributed by atoms with Gasteiger partial charge in [0.15, 0.2) is 0 Å². The molecule has 1 aromatic heterocycles. The van der Waals surface area contributed by atoms with Crippen molar-refractivity contribution < 1.29 is 0 Å². The average Bonchev–Trinajstić information content (AvgIpc) is 3.44. The molecule has 8 nitrogen and oxygen atoms in total. The highest BCUT2D eigenvalue weighted by atomic mass is 16.1. The van der Waals surface area contributed by atoms with Crippen LogP contribution >= 0.6 is 0 Å². The lowest BCUT2D eigenvalue weighted by molar-refractivity contribution is 0.297. The number of anilines is 1. The molecule has 172 valence electrons. The van der Waals surface area contributed by atoms with Crippen molar-refractivity contribution in [1.29, 1.82) is 0 Å². The van der Waals surface area contributed by atoms with E-state index in [1.54, 1.807) is 6.07 Å². The second-order valence-corrected chi connectivity index (χ2v) is 7.37. The Hall–Kier alpha value is -3.10. The summed E-state index contributed by atoms with van der Waals surface area (Å²) in [6.07, 6.45) is 6.23. The van der Waals surface area contributed by atoms with Crippen LogP contribution in [0.1, 0.15) is 45.1 Å². The molecule has 3 atom stereocenters. The lowest BCUT2D eigenvalue weighted by Crippen LogP contribution is -2.39. The van der Waals surface area contributed by atoms with E-state index in [0.717, 1.165) is 17.8 Å². The fraction of sp³-hybridized carbons (Fsp3) is 0.417. The number of rotatable bonds is 4. The lowest BCUT2D eigenvalue weighted by atomic mass is 9.94. The van der Waals surface area contributed by atoms with Gasteiger partial charge in [-0.1, -0.05) is 70.2 Å². The molecule has 1 aromatic carbocycles. The third-order valence-electron chi connectivity index (χ3n) is 5.35. The fourth-order valence-corrected chi connectivity index (χ4v) is 3.98. The quantitative estimate of drug-likeness (QED) is 0.585. The van der Waals surface area contributed by atoms with Gasteiger partial charge in [-0.15, -0.1) is 0 Å². The van der Waals surface area contributed by atoms with Crippen molar-refractivity contribution in [3.05, 3.63) is 81.9 Å². The lowest BCUT2D eigenvalue weighted by Gasteiger charge is -2.23. The highest BCUT2D eigenvalue weighted by molar-refractivity contribution is 5.41. The number of benzene rings is 1. The van der Waals surface area contributed by atoms with E-state index in [2.05, 4.69) is 56.8 Å². The first-order valence-electron chi connectivity index (χ1n) is 11.5. The van der Waals surface area contributed by atoms with Crippen LogP contribution in [-0.4, -0.2) is 34.3 Å². The maximum Gasteiger partial charge on any atom is 0.273 e. The monoisotopic (exact) mass is 437 g/mol. The maximum atomic E-state index is 12.5. The molecule has 1 saturated heterocycles. The Labute approximate surface area is 190 Å². The molecular formula is C24H35N7O. The number of fused-ring (bicyclic) bond motifs is 2. The molecule has 2 aromatic rings. The molecule has 0 bridgehead atoms. The number of hydrazine groups is 1. The molecule has 1 aliphatic carbocycles. The van der Waals surface area contributed by atoms with Crippen LogP contribution in [0.15, 0.2) is 65.1 Å². The van der Waals surface area contributed by atoms with Crippen molar-refractivity contribution in [3.8, 4) is 0 Å². The molecule has 3 heterocycles. The van der Waals surface area contributed by atoms with Crippen molar-refractivity contribution >= 4 is 5.95 Å². The van der Waals surface area contributed by atoms with Crippen molar-refractivity contribution in [2.24, 2.45) is 5.92 Å². The third kappa shape index (κ3) is 5.03. The molecule has 1 fully saturated rings. The summed E-state index contributed by atoms with van der Waals surface area (Å²) in [5.41, 5.74) is 9.37. The molecule has 0 spiro atoms. The molecular weight excluding hydrogens is 402 g/mol. The molecule has 3 unspecified atom stereocenters. The topological polar surface area (TPSA) is 86.2 Å². The standard InChI is InChI=1S/C20H23N7O.2C2H6/c1-26-12-14-8-5-9-16(18(14)24-26)21-11-15-10-17(28)27-20(22-15)23-19(25-27)13-6-3-2-4-7-13;2*1-2/h2-10,14,18-19,21,24-25H,11-12H2,1H3,(H,22,23);2*1-2H3. The van der Waals surface area contributed by atoms with Gasteiger partial charge in [0.2, 0.25) is 5.95 Å². The van der Waals surface area contributed by atoms with Crippen LogP contribution in [0.4, 0.5) is 5.95 Å². The minimum Gasteiger partial charge on any atom is -0.381 e. The van der Waals surface area contributed by atoms with E-state index < -0.39 is 0 Å². The molecule has 0 saturated carbocycles. The van der Waals surface area contributed by atoms with Crippen molar-refractivity contribution in [2.75, 3.05) is 24.3 Å². The minimum atomic E-state index is -0.171. The SMILES string of the molecule is CC.CC.CN1CC2C=CC=C(NCc3cc(=O)n4c(n3)NC(c3ccccc3)N4)C2N1. The molecule has 0 amide bonds. The van der Waals surface area contributed by atoms with Crippen LogP contribution in [-0.2, 0) is 6.54 Å². The van der Waals surface area contributed by atoms with Gasteiger partial charge in [-0.3, -0.25) is 10.2 Å². The maximum absolute atomic E-state index is 12.5. The molecule has 5 rings (SSSR count). The van der Waals surface area contributed by atoms with Crippen LogP contribution in [0.2, 0.25) is 0 Å². The van der Waals surface area contributed by atoms with E-state index in [4.69, 9.17) is 0 Å². The van der Waals surface area contributed by atoms with Crippen LogP contribution in [0.5, 0.6) is 0 Å². The summed E-state index contributed by atoms with van der Waals surface area (Å²) in [6, 6.07) is 11.8. The Balaban J connectivity index is 0.000000686. The first kappa shape index (κ1) is 23.6. The van der Waals surface area contributed by atoms with E-state index in [1.807, 2.05) is 58.0 Å². The van der Waals surface area contributed by atoms with Gasteiger partial charge < -0.3 is 10.6 Å². The zero-order chi connectivity index (χ0) is 23.1. The number of hydrogen-bond acceptors (Lipinski definition) is 7. The summed E-state index contributed by atoms with van der Waals surface area (Å²) in [5, 5.41) is 8.84. The predicted octanol–water partition coefficient (Wildman–Crippen LogP) is 2.94. The largest absolute Gasteiger partial charge is 0.381 e. The Bertz CT molecular complexity index is 999. The van der Waals surface area contributed by atoms with Gasteiger partial charge in [0, 0.05) is 31.3 Å². The van der Waals surface area contributed by atoms with Gasteiger partial charge >= 0.3 is 0 Å². The Morgan fingerprint density at radius 3 is 2.62 bits per heavy atom. The van der Waals surface area contributed by atoms with Crippen molar-refractivity contribution in [3.63, 3.8) is 0 Å². The number of nitrogens with one attached hydrogen (secondary N) is 4. The van der Waals surface area contributed by atoms with Gasteiger partial charge in [0.1, 0.15) is 6.17 Å². The van der Waals surface area contributed by atoms with E-state index >= 15 is 0 Å². The van der Waals surface area contributed by atoms with Crippen LogP contribution in [0.3, 0.4) is 0 Å². The Morgan fingerprint density at radius 2 is 1.88 bits per heavy atom. The fourth-order valence-electron chi connectivity index (χ4n) is 3.98. The minimum absolute atomic E-state index is 0.123. The van der Waals surface area contributed by atoms with E-state index in [-0.39, 0.29) is 17.8 Å². The van der Waals surface area contributed by atoms with Gasteiger partial charge in [-0.2, -0.15) is 4.68 Å². The molecule has 3 aliphatic rings. The molecule has 2 aliphatic heterocycles. The second-order valence-electron chi connectivity index (χ2n) is 7.37. The summed E-state index contributed by atoms with van der Waals surface area (Å²) < 4.78 is 1.47. The van der Waals surface area contributed by atoms with E-state index in [0.29, 0.717) is 24.1 Å². The number of allylic oxidation sites excluding steroid dienone is 2. The van der Waals surface area contributed by atoms with Crippen LogP contribution in [0.25, 0.3) is 0 Å². The summed E-state index contributed by atoms with van der Waals surface area (Å²) >= 11 is 0. The van der Waals surface area contributed by atoms with Crippen LogP contribution in [0, 0.1) is 5.92 Å². The van der Waals surface area contributed by atoms with Gasteiger partial charge in [-0.05, 0) is 11.6 Å². The Kier molecular flexibility index (Phi) is 8.08. The molecule has 32 heavy (non-hydrogen) atoms. The summed E-state index contributed by atoms with van der Waals surface area (Å²) in [5.74, 6) is 0.987. The first-order valence-corrected chi connectivity index (χ1v) is 11.5. The Morgan fingerprint density at radius 1 is 1.12 bits per heavy atom. The number of aromatic nitrogens is 2. The third-order valence-corrected chi connectivity index (χ3v) is 5.35. The van der Waals surface area contributed by atoms with Gasteiger partial charge in [0.05, 0.1) is 18.3 Å². The predicted molar refractivity (Wildman–Crippen MR) is 130 cm³/mol. The zero-order valence-corrected chi connectivity index (χ0v) is 19.6. The van der Waals surface area contributed by atoms with E-state index in [1.165, 1.54) is 4.68 Å².